The second-order valence-corrected chi connectivity index (χ2v) is 4.26. The standard InChI is InChI=1S/C10H10BrF4NO/c1-6(16-17-5-10(13,14)15)8-3-2-7(12)4-9(8)11/h2-4,6,16H,5H2,1H3. The molecule has 0 spiro atoms. The Hall–Kier alpha value is -0.660. The van der Waals surface area contributed by atoms with Crippen molar-refractivity contribution in [3.8, 4) is 0 Å². The van der Waals surface area contributed by atoms with Gasteiger partial charge in [-0.3, -0.25) is 4.84 Å². The summed E-state index contributed by atoms with van der Waals surface area (Å²) in [6.07, 6.45) is -4.38. The Morgan fingerprint density at radius 1 is 1.41 bits per heavy atom. The number of hydroxylamine groups is 1. The summed E-state index contributed by atoms with van der Waals surface area (Å²) in [7, 11) is 0. The predicted molar refractivity (Wildman–Crippen MR) is 57.7 cm³/mol. The molecule has 1 unspecified atom stereocenters. The van der Waals surface area contributed by atoms with Crippen molar-refractivity contribution in [3.05, 3.63) is 34.1 Å². The van der Waals surface area contributed by atoms with Crippen LogP contribution < -0.4 is 5.48 Å². The molecule has 1 aromatic rings. The highest BCUT2D eigenvalue weighted by molar-refractivity contribution is 9.10. The van der Waals surface area contributed by atoms with Crippen LogP contribution in [0, 0.1) is 5.82 Å². The molecule has 0 amide bonds. The lowest BCUT2D eigenvalue weighted by atomic mass is 10.1. The molecule has 0 bridgehead atoms. The lowest BCUT2D eigenvalue weighted by molar-refractivity contribution is -0.192. The minimum Gasteiger partial charge on any atom is -0.292 e. The number of benzene rings is 1. The fourth-order valence-electron chi connectivity index (χ4n) is 1.16. The van der Waals surface area contributed by atoms with Gasteiger partial charge in [0.05, 0.1) is 6.04 Å². The zero-order valence-corrected chi connectivity index (χ0v) is 10.4. The van der Waals surface area contributed by atoms with Crippen LogP contribution in [-0.4, -0.2) is 12.8 Å². The van der Waals surface area contributed by atoms with Gasteiger partial charge in [0.15, 0.2) is 6.61 Å². The molecular formula is C10H10BrF4NO. The van der Waals surface area contributed by atoms with E-state index in [0.29, 0.717) is 10.0 Å². The van der Waals surface area contributed by atoms with Gasteiger partial charge in [-0.25, -0.2) is 4.39 Å². The molecule has 0 radical (unpaired) electrons. The molecular weight excluding hydrogens is 306 g/mol. The molecule has 0 aromatic heterocycles. The molecule has 96 valence electrons. The summed E-state index contributed by atoms with van der Waals surface area (Å²) < 4.78 is 48.7. The molecule has 7 heteroatoms. The largest absolute Gasteiger partial charge is 0.413 e. The second kappa shape index (κ2) is 5.79. The molecule has 0 saturated heterocycles. The summed E-state index contributed by atoms with van der Waals surface area (Å²) in [5.74, 6) is -0.427. The summed E-state index contributed by atoms with van der Waals surface area (Å²) in [6.45, 7) is 0.227. The molecule has 0 aliphatic heterocycles. The molecule has 1 rings (SSSR count). The van der Waals surface area contributed by atoms with Crippen LogP contribution in [0.2, 0.25) is 0 Å². The lowest BCUT2D eigenvalue weighted by Gasteiger charge is -2.16. The van der Waals surface area contributed by atoms with Crippen molar-refractivity contribution < 1.29 is 22.4 Å². The molecule has 1 aromatic carbocycles. The highest BCUT2D eigenvalue weighted by atomic mass is 79.9. The van der Waals surface area contributed by atoms with Crippen LogP contribution in [0.4, 0.5) is 17.6 Å². The van der Waals surface area contributed by atoms with Crippen molar-refractivity contribution in [1.29, 1.82) is 0 Å². The first-order valence-electron chi connectivity index (χ1n) is 4.68. The number of halogens is 5. The third-order valence-corrected chi connectivity index (χ3v) is 2.61. The zero-order valence-electron chi connectivity index (χ0n) is 8.81. The highest BCUT2D eigenvalue weighted by Gasteiger charge is 2.28. The van der Waals surface area contributed by atoms with Gasteiger partial charge in [0, 0.05) is 4.47 Å². The van der Waals surface area contributed by atoms with E-state index in [4.69, 9.17) is 0 Å². The average molecular weight is 316 g/mol. The number of alkyl halides is 3. The van der Waals surface area contributed by atoms with Gasteiger partial charge in [0.2, 0.25) is 0 Å². The van der Waals surface area contributed by atoms with Crippen molar-refractivity contribution in [2.75, 3.05) is 6.61 Å². The van der Waals surface area contributed by atoms with Gasteiger partial charge in [0.1, 0.15) is 5.82 Å². The van der Waals surface area contributed by atoms with Gasteiger partial charge in [-0.2, -0.15) is 18.7 Å². The summed E-state index contributed by atoms with van der Waals surface area (Å²) >= 11 is 3.12. The second-order valence-electron chi connectivity index (χ2n) is 3.41. The molecule has 1 N–H and O–H groups in total. The van der Waals surface area contributed by atoms with E-state index in [1.165, 1.54) is 18.2 Å². The summed E-state index contributed by atoms with van der Waals surface area (Å²) in [5.41, 5.74) is 2.85. The van der Waals surface area contributed by atoms with Gasteiger partial charge in [0.25, 0.3) is 0 Å². The van der Waals surface area contributed by atoms with E-state index >= 15 is 0 Å². The van der Waals surface area contributed by atoms with Gasteiger partial charge in [-0.05, 0) is 24.6 Å². The van der Waals surface area contributed by atoms with Gasteiger partial charge < -0.3 is 0 Å². The summed E-state index contributed by atoms with van der Waals surface area (Å²) in [5, 5.41) is 0. The fourth-order valence-corrected chi connectivity index (χ4v) is 1.86. The Kier molecular flexibility index (Phi) is 4.91. The first-order chi connectivity index (χ1) is 7.79. The minimum atomic E-state index is -4.38. The van der Waals surface area contributed by atoms with E-state index in [1.54, 1.807) is 6.92 Å². The Bertz CT molecular complexity index is 383. The highest BCUT2D eigenvalue weighted by Crippen LogP contribution is 2.24. The Morgan fingerprint density at radius 2 is 2.06 bits per heavy atom. The monoisotopic (exact) mass is 315 g/mol. The lowest BCUT2D eigenvalue weighted by Crippen LogP contribution is -2.26. The minimum absolute atomic E-state index is 0.427. The number of rotatable bonds is 4. The molecule has 0 saturated carbocycles. The topological polar surface area (TPSA) is 21.3 Å². The van der Waals surface area contributed by atoms with E-state index in [0.717, 1.165) is 0 Å². The van der Waals surface area contributed by atoms with E-state index in [2.05, 4.69) is 26.2 Å². The van der Waals surface area contributed by atoms with Crippen molar-refractivity contribution in [3.63, 3.8) is 0 Å². The first-order valence-corrected chi connectivity index (χ1v) is 5.48. The molecule has 17 heavy (non-hydrogen) atoms. The Morgan fingerprint density at radius 3 is 2.59 bits per heavy atom. The maximum Gasteiger partial charge on any atom is 0.413 e. The maximum absolute atomic E-state index is 12.8. The summed E-state index contributed by atoms with van der Waals surface area (Å²) in [4.78, 5) is 4.31. The van der Waals surface area contributed by atoms with Crippen LogP contribution in [0.5, 0.6) is 0 Å². The molecule has 1 atom stereocenters. The number of hydrogen-bond donors (Lipinski definition) is 1. The smallest absolute Gasteiger partial charge is 0.292 e. The summed E-state index contributed by atoms with van der Waals surface area (Å²) in [6, 6.07) is 3.43. The Balaban J connectivity index is 2.55. The molecule has 0 fully saturated rings. The van der Waals surface area contributed by atoms with Crippen molar-refractivity contribution in [1.82, 2.24) is 5.48 Å². The third-order valence-electron chi connectivity index (χ3n) is 1.92. The van der Waals surface area contributed by atoms with Gasteiger partial charge in [-0.15, -0.1) is 0 Å². The predicted octanol–water partition coefficient (Wildman–Crippen LogP) is 3.73. The SMILES string of the molecule is CC(NOCC(F)(F)F)c1ccc(F)cc1Br. The molecule has 2 nitrogen and oxygen atoms in total. The van der Waals surface area contributed by atoms with E-state index < -0.39 is 24.6 Å². The molecule has 0 aliphatic rings. The fraction of sp³-hybridized carbons (Fsp3) is 0.400. The van der Waals surface area contributed by atoms with Gasteiger partial charge in [-0.1, -0.05) is 22.0 Å². The van der Waals surface area contributed by atoms with E-state index in [1.807, 2.05) is 0 Å². The average Bonchev–Trinajstić information content (AvgIpc) is 2.15. The van der Waals surface area contributed by atoms with Crippen LogP contribution in [0.3, 0.4) is 0 Å². The molecule has 0 aliphatic carbocycles. The third kappa shape index (κ3) is 5.01. The van der Waals surface area contributed by atoms with Crippen molar-refractivity contribution in [2.45, 2.75) is 19.1 Å². The van der Waals surface area contributed by atoms with E-state index in [-0.39, 0.29) is 0 Å². The van der Waals surface area contributed by atoms with Crippen molar-refractivity contribution >= 4 is 15.9 Å². The maximum atomic E-state index is 12.8. The van der Waals surface area contributed by atoms with E-state index in [9.17, 15) is 17.6 Å². The van der Waals surface area contributed by atoms with Crippen LogP contribution in [-0.2, 0) is 4.84 Å². The first kappa shape index (κ1) is 14.4. The molecule has 0 heterocycles. The van der Waals surface area contributed by atoms with Crippen LogP contribution >= 0.6 is 15.9 Å². The normalized spacial score (nSPS) is 13.8. The van der Waals surface area contributed by atoms with Crippen LogP contribution in [0.1, 0.15) is 18.5 Å². The number of hydrogen-bond acceptors (Lipinski definition) is 2. The van der Waals surface area contributed by atoms with Crippen LogP contribution in [0.25, 0.3) is 0 Å². The zero-order chi connectivity index (χ0) is 13.1. The Labute approximate surface area is 104 Å². The van der Waals surface area contributed by atoms with Crippen molar-refractivity contribution in [2.24, 2.45) is 0 Å². The number of nitrogens with one attached hydrogen (secondary N) is 1. The quantitative estimate of drug-likeness (QED) is 0.675. The van der Waals surface area contributed by atoms with Gasteiger partial charge >= 0.3 is 6.18 Å². The van der Waals surface area contributed by atoms with Crippen LogP contribution in [0.15, 0.2) is 22.7 Å².